The molecule has 0 aliphatic carbocycles. The Morgan fingerprint density at radius 3 is 3.08 bits per heavy atom. The molecule has 0 unspecified atom stereocenters. The van der Waals surface area contributed by atoms with E-state index in [0.717, 1.165) is 30.9 Å². The van der Waals surface area contributed by atoms with E-state index in [1.54, 1.807) is 20.1 Å². The Hall–Kier alpha value is -2.70. The van der Waals surface area contributed by atoms with Crippen molar-refractivity contribution in [1.29, 1.82) is 0 Å². The number of methoxy groups -OCH3 is 1. The molecule has 0 radical (unpaired) electrons. The van der Waals surface area contributed by atoms with Gasteiger partial charge in [0.1, 0.15) is 11.5 Å². The lowest BCUT2D eigenvalue weighted by Crippen LogP contribution is -2.34. The molecule has 2 amide bonds. The van der Waals surface area contributed by atoms with Gasteiger partial charge in [0, 0.05) is 37.5 Å². The van der Waals surface area contributed by atoms with Crippen LogP contribution >= 0.6 is 0 Å². The summed E-state index contributed by atoms with van der Waals surface area (Å²) >= 11 is 0. The van der Waals surface area contributed by atoms with Crippen LogP contribution in [0.25, 0.3) is 0 Å². The van der Waals surface area contributed by atoms with Crippen LogP contribution in [-0.4, -0.2) is 37.9 Å². The fourth-order valence-corrected chi connectivity index (χ4v) is 2.86. The first kappa shape index (κ1) is 16.2. The first-order valence-electron chi connectivity index (χ1n) is 8.01. The molecule has 7 nitrogen and oxygen atoms in total. The van der Waals surface area contributed by atoms with Gasteiger partial charge in [0.25, 0.3) is 0 Å². The summed E-state index contributed by atoms with van der Waals surface area (Å²) in [6.45, 7) is 4.30. The highest BCUT2D eigenvalue weighted by Gasteiger charge is 2.23. The molecular weight excluding hydrogens is 308 g/mol. The van der Waals surface area contributed by atoms with Crippen molar-refractivity contribution in [2.24, 2.45) is 5.92 Å². The Morgan fingerprint density at radius 1 is 1.46 bits per heavy atom. The van der Waals surface area contributed by atoms with Gasteiger partial charge in [-0.3, -0.25) is 5.32 Å². The number of anilines is 2. The van der Waals surface area contributed by atoms with Gasteiger partial charge >= 0.3 is 6.03 Å². The zero-order valence-electron chi connectivity index (χ0n) is 13.9. The molecule has 2 aromatic rings. The van der Waals surface area contributed by atoms with Crippen molar-refractivity contribution in [3.05, 3.63) is 36.1 Å². The number of amides is 2. The van der Waals surface area contributed by atoms with E-state index < -0.39 is 0 Å². The Bertz CT molecular complexity index is 701. The van der Waals surface area contributed by atoms with Crippen LogP contribution < -0.4 is 20.3 Å². The number of rotatable bonds is 5. The maximum absolute atomic E-state index is 11.9. The van der Waals surface area contributed by atoms with E-state index in [2.05, 4.69) is 26.8 Å². The normalized spacial score (nSPS) is 16.9. The molecule has 0 saturated carbocycles. The maximum Gasteiger partial charge on any atom is 0.320 e. The summed E-state index contributed by atoms with van der Waals surface area (Å²) in [4.78, 5) is 14.2. The molecule has 2 N–H and O–H groups in total. The molecule has 1 fully saturated rings. The molecule has 1 aromatic heterocycles. The minimum Gasteiger partial charge on any atom is -0.497 e. The topological polar surface area (TPSA) is 79.6 Å². The zero-order chi connectivity index (χ0) is 16.9. The minimum atomic E-state index is -0.261. The Kier molecular flexibility index (Phi) is 4.88. The molecule has 0 spiro atoms. The smallest absolute Gasteiger partial charge is 0.320 e. The van der Waals surface area contributed by atoms with Crippen LogP contribution in [0.3, 0.4) is 0 Å². The second-order valence-corrected chi connectivity index (χ2v) is 5.96. The van der Waals surface area contributed by atoms with Crippen molar-refractivity contribution in [1.82, 2.24) is 10.5 Å². The van der Waals surface area contributed by atoms with Gasteiger partial charge in [-0.15, -0.1) is 0 Å². The van der Waals surface area contributed by atoms with Crippen molar-refractivity contribution >= 4 is 17.5 Å². The predicted molar refractivity (Wildman–Crippen MR) is 91.6 cm³/mol. The molecule has 24 heavy (non-hydrogen) atoms. The number of nitrogens with one attached hydrogen (secondary N) is 2. The highest BCUT2D eigenvalue weighted by Crippen LogP contribution is 2.26. The molecular formula is C17H22N4O3. The summed E-state index contributed by atoms with van der Waals surface area (Å²) < 4.78 is 10.2. The summed E-state index contributed by atoms with van der Waals surface area (Å²) in [5.74, 6) is 2.36. The highest BCUT2D eigenvalue weighted by molar-refractivity contribution is 5.88. The lowest BCUT2D eigenvalue weighted by Gasteiger charge is -2.19. The first-order valence-corrected chi connectivity index (χ1v) is 8.01. The summed E-state index contributed by atoms with van der Waals surface area (Å²) in [5, 5.41) is 9.29. The number of benzene rings is 1. The lowest BCUT2D eigenvalue weighted by molar-refractivity contribution is 0.250. The number of carbonyl (C=O) groups is 1. The minimum absolute atomic E-state index is 0.261. The monoisotopic (exact) mass is 330 g/mol. The highest BCUT2D eigenvalue weighted by atomic mass is 16.5. The van der Waals surface area contributed by atoms with Crippen molar-refractivity contribution < 1.29 is 14.1 Å². The number of ether oxygens (including phenoxy) is 1. The van der Waals surface area contributed by atoms with E-state index in [0.29, 0.717) is 24.0 Å². The molecule has 3 rings (SSSR count). The average molecular weight is 330 g/mol. The molecule has 2 heterocycles. The summed E-state index contributed by atoms with van der Waals surface area (Å²) in [6, 6.07) is 9.47. The second-order valence-electron chi connectivity index (χ2n) is 5.96. The van der Waals surface area contributed by atoms with Gasteiger partial charge in [-0.05, 0) is 31.4 Å². The van der Waals surface area contributed by atoms with E-state index in [9.17, 15) is 4.79 Å². The summed E-state index contributed by atoms with van der Waals surface area (Å²) in [6.07, 6.45) is 1.04. The van der Waals surface area contributed by atoms with E-state index >= 15 is 0 Å². The molecule has 1 aliphatic heterocycles. The van der Waals surface area contributed by atoms with Gasteiger partial charge < -0.3 is 19.5 Å². The van der Waals surface area contributed by atoms with E-state index in [4.69, 9.17) is 9.26 Å². The van der Waals surface area contributed by atoms with E-state index in [1.165, 1.54) is 0 Å². The van der Waals surface area contributed by atoms with Gasteiger partial charge in [0.05, 0.1) is 7.11 Å². The Balaban J connectivity index is 1.46. The van der Waals surface area contributed by atoms with Crippen molar-refractivity contribution in [2.75, 3.05) is 37.0 Å². The molecule has 1 atom stereocenters. The predicted octanol–water partition coefficient (Wildman–Crippen LogP) is 2.64. The van der Waals surface area contributed by atoms with Crippen LogP contribution in [0.1, 0.15) is 12.2 Å². The van der Waals surface area contributed by atoms with Crippen LogP contribution in [0.15, 0.2) is 34.9 Å². The quantitative estimate of drug-likeness (QED) is 0.881. The Morgan fingerprint density at radius 2 is 2.33 bits per heavy atom. The van der Waals surface area contributed by atoms with Crippen LogP contribution in [0.4, 0.5) is 16.3 Å². The molecule has 0 bridgehead atoms. The van der Waals surface area contributed by atoms with Crippen LogP contribution in [0.2, 0.25) is 0 Å². The van der Waals surface area contributed by atoms with Crippen molar-refractivity contribution in [3.63, 3.8) is 0 Å². The number of hydrogen-bond acceptors (Lipinski definition) is 5. The largest absolute Gasteiger partial charge is 0.497 e. The fourth-order valence-electron chi connectivity index (χ4n) is 2.86. The van der Waals surface area contributed by atoms with Gasteiger partial charge in [-0.25, -0.2) is 4.79 Å². The third-order valence-corrected chi connectivity index (χ3v) is 4.13. The first-order chi connectivity index (χ1) is 11.6. The summed E-state index contributed by atoms with van der Waals surface area (Å²) in [5.41, 5.74) is 1.15. The van der Waals surface area contributed by atoms with Crippen LogP contribution in [0, 0.1) is 12.8 Å². The summed E-state index contributed by atoms with van der Waals surface area (Å²) in [7, 11) is 1.67. The van der Waals surface area contributed by atoms with Gasteiger partial charge in [0.2, 0.25) is 0 Å². The molecule has 1 saturated heterocycles. The number of aryl methyl sites for hydroxylation is 1. The maximum atomic E-state index is 11.9. The SMILES string of the molecule is COc1cccc(N2CC[C@H](CNC(=O)Nc3cc(C)on3)C2)c1. The van der Waals surface area contributed by atoms with Gasteiger partial charge in [0.15, 0.2) is 5.82 Å². The standard InChI is InChI=1S/C17H22N4O3/c1-12-8-16(20-24-12)19-17(22)18-10-13-6-7-21(11-13)14-4-3-5-15(9-14)23-2/h3-5,8-9,13H,6-7,10-11H2,1-2H3,(H2,18,19,20,22)/t13-/m1/s1. The number of carbonyl (C=O) groups excluding carboxylic acids is 1. The molecule has 1 aliphatic rings. The fraction of sp³-hybridized carbons (Fsp3) is 0.412. The van der Waals surface area contributed by atoms with Crippen LogP contribution in [-0.2, 0) is 0 Å². The third-order valence-electron chi connectivity index (χ3n) is 4.13. The number of urea groups is 1. The Labute approximate surface area is 141 Å². The second kappa shape index (κ2) is 7.25. The molecule has 128 valence electrons. The van der Waals surface area contributed by atoms with E-state index in [-0.39, 0.29) is 6.03 Å². The zero-order valence-corrected chi connectivity index (χ0v) is 13.9. The average Bonchev–Trinajstić information content (AvgIpc) is 3.22. The van der Waals surface area contributed by atoms with Crippen LogP contribution in [0.5, 0.6) is 5.75 Å². The van der Waals surface area contributed by atoms with Crippen molar-refractivity contribution in [2.45, 2.75) is 13.3 Å². The number of hydrogen-bond donors (Lipinski definition) is 2. The molecule has 7 heteroatoms. The van der Waals surface area contributed by atoms with E-state index in [1.807, 2.05) is 18.2 Å². The molecule has 1 aromatic carbocycles. The number of aromatic nitrogens is 1. The van der Waals surface area contributed by atoms with Crippen molar-refractivity contribution in [3.8, 4) is 5.75 Å². The third kappa shape index (κ3) is 3.98. The van der Waals surface area contributed by atoms with Gasteiger partial charge in [-0.1, -0.05) is 11.2 Å². The van der Waals surface area contributed by atoms with Gasteiger partial charge in [-0.2, -0.15) is 0 Å². The number of nitrogens with zero attached hydrogens (tertiary/aromatic N) is 2. The lowest BCUT2D eigenvalue weighted by atomic mass is 10.1.